The Kier molecular flexibility index (Phi) is 10.8. The number of anilines is 1. The van der Waals surface area contributed by atoms with Crippen molar-refractivity contribution in [2.75, 3.05) is 58.3 Å². The van der Waals surface area contributed by atoms with Crippen LogP contribution in [0, 0.1) is 11.8 Å². The molecule has 2 aliphatic heterocycles. The van der Waals surface area contributed by atoms with Crippen LogP contribution in [0.1, 0.15) is 55.3 Å². The van der Waals surface area contributed by atoms with Crippen molar-refractivity contribution in [2.45, 2.75) is 44.8 Å². The predicted octanol–water partition coefficient (Wildman–Crippen LogP) is 5.12. The third kappa shape index (κ3) is 8.24. The number of cyclic esters (lactones) is 1. The lowest BCUT2D eigenvalue weighted by molar-refractivity contribution is -0.149. The molecule has 0 aliphatic carbocycles. The Morgan fingerprint density at radius 2 is 1.73 bits per heavy atom. The van der Waals surface area contributed by atoms with Crippen molar-refractivity contribution in [1.82, 2.24) is 15.1 Å². The van der Waals surface area contributed by atoms with Gasteiger partial charge < -0.3 is 24.8 Å². The molecule has 0 radical (unpaired) electrons. The summed E-state index contributed by atoms with van der Waals surface area (Å²) >= 11 is 6.01. The standard InChI is InChI=1S/C32H40ClF3N4O4/c1-20(2)17-26(37-28(41)11-12-38(3)4)24-18-22(32(34,35)36)7-10-27(24)39-13-15-40(16-14-39)30(42)29-25(19-44-31(29)43)21-5-8-23(33)9-6-21/h5-10,18,20,25-26,29H,11-17,19H2,1-4H3,(H,37,41)/t25?,26-,29?/m0/s1. The summed E-state index contributed by atoms with van der Waals surface area (Å²) in [6.45, 7) is 5.79. The maximum Gasteiger partial charge on any atom is 0.416 e. The van der Waals surface area contributed by atoms with E-state index in [0.29, 0.717) is 42.3 Å². The number of piperazine rings is 1. The number of hydrogen-bond donors (Lipinski definition) is 1. The number of nitrogens with one attached hydrogen (secondary N) is 1. The van der Waals surface area contributed by atoms with Gasteiger partial charge in [-0.3, -0.25) is 14.4 Å². The van der Waals surface area contributed by atoms with Crippen molar-refractivity contribution in [3.8, 4) is 0 Å². The molecule has 0 spiro atoms. The molecule has 2 aromatic rings. The van der Waals surface area contributed by atoms with E-state index >= 15 is 0 Å². The molecule has 2 saturated heterocycles. The first-order chi connectivity index (χ1) is 20.7. The fraction of sp³-hybridized carbons (Fsp3) is 0.531. The van der Waals surface area contributed by atoms with Gasteiger partial charge in [0.15, 0.2) is 0 Å². The molecule has 0 bridgehead atoms. The van der Waals surface area contributed by atoms with Gasteiger partial charge in [-0.05, 0) is 67.9 Å². The number of amides is 2. The molecule has 8 nitrogen and oxygen atoms in total. The van der Waals surface area contributed by atoms with E-state index in [1.165, 1.54) is 6.07 Å². The van der Waals surface area contributed by atoms with E-state index in [9.17, 15) is 27.6 Å². The molecule has 4 rings (SSSR count). The molecule has 0 aromatic heterocycles. The van der Waals surface area contributed by atoms with Crippen LogP contribution in [-0.2, 0) is 25.3 Å². The highest BCUT2D eigenvalue weighted by atomic mass is 35.5. The zero-order chi connectivity index (χ0) is 32.2. The van der Waals surface area contributed by atoms with Gasteiger partial charge in [-0.15, -0.1) is 0 Å². The number of nitrogens with zero attached hydrogens (tertiary/aromatic N) is 3. The van der Waals surface area contributed by atoms with E-state index < -0.39 is 35.6 Å². The van der Waals surface area contributed by atoms with E-state index in [1.54, 1.807) is 29.2 Å². The van der Waals surface area contributed by atoms with Crippen molar-refractivity contribution >= 4 is 35.1 Å². The molecule has 1 N–H and O–H groups in total. The number of alkyl halides is 3. The second-order valence-electron chi connectivity index (χ2n) is 12.2. The number of carbonyl (C=O) groups excluding carboxylic acids is 3. The van der Waals surface area contributed by atoms with Crippen molar-refractivity contribution in [3.05, 3.63) is 64.2 Å². The Labute approximate surface area is 261 Å². The number of rotatable bonds is 10. The highest BCUT2D eigenvalue weighted by Gasteiger charge is 2.45. The molecule has 3 atom stereocenters. The zero-order valence-corrected chi connectivity index (χ0v) is 26.3. The van der Waals surface area contributed by atoms with Gasteiger partial charge in [-0.25, -0.2) is 0 Å². The zero-order valence-electron chi connectivity index (χ0n) is 25.5. The van der Waals surface area contributed by atoms with Crippen LogP contribution in [0.5, 0.6) is 0 Å². The first-order valence-electron chi connectivity index (χ1n) is 14.9. The van der Waals surface area contributed by atoms with Crippen LogP contribution in [0.15, 0.2) is 42.5 Å². The van der Waals surface area contributed by atoms with Crippen molar-refractivity contribution in [1.29, 1.82) is 0 Å². The average Bonchev–Trinajstić information content (AvgIpc) is 3.36. The molecular formula is C32H40ClF3N4O4. The Hall–Kier alpha value is -3.31. The van der Waals surface area contributed by atoms with Gasteiger partial charge >= 0.3 is 12.1 Å². The molecular weight excluding hydrogens is 597 g/mol. The molecule has 12 heteroatoms. The van der Waals surface area contributed by atoms with Crippen LogP contribution in [-0.4, -0.2) is 81.0 Å². The van der Waals surface area contributed by atoms with Crippen LogP contribution in [0.3, 0.4) is 0 Å². The first kappa shape index (κ1) is 33.6. The molecule has 2 unspecified atom stereocenters. The number of carbonyl (C=O) groups is 3. The molecule has 0 saturated carbocycles. The van der Waals surface area contributed by atoms with Gasteiger partial charge in [-0.1, -0.05) is 37.6 Å². The molecule has 240 valence electrons. The summed E-state index contributed by atoms with van der Waals surface area (Å²) in [4.78, 5) is 44.5. The summed E-state index contributed by atoms with van der Waals surface area (Å²) < 4.78 is 46.8. The lowest BCUT2D eigenvalue weighted by Crippen LogP contribution is -2.52. The predicted molar refractivity (Wildman–Crippen MR) is 162 cm³/mol. The first-order valence-corrected chi connectivity index (χ1v) is 15.2. The monoisotopic (exact) mass is 636 g/mol. The summed E-state index contributed by atoms with van der Waals surface area (Å²) in [6.07, 6.45) is -3.88. The molecule has 2 aliphatic rings. The van der Waals surface area contributed by atoms with Crippen LogP contribution in [0.2, 0.25) is 5.02 Å². The maximum atomic E-state index is 13.8. The van der Waals surface area contributed by atoms with E-state index in [4.69, 9.17) is 16.3 Å². The quantitative estimate of drug-likeness (QED) is 0.288. The summed E-state index contributed by atoms with van der Waals surface area (Å²) in [5, 5.41) is 3.53. The average molecular weight is 637 g/mol. The molecule has 44 heavy (non-hydrogen) atoms. The van der Waals surface area contributed by atoms with Crippen molar-refractivity contribution < 1.29 is 32.3 Å². The molecule has 2 fully saturated rings. The molecule has 2 amide bonds. The minimum Gasteiger partial charge on any atom is -0.464 e. The summed E-state index contributed by atoms with van der Waals surface area (Å²) in [5.41, 5.74) is 0.987. The summed E-state index contributed by atoms with van der Waals surface area (Å²) in [5.74, 6) is -2.43. The maximum absolute atomic E-state index is 13.8. The van der Waals surface area contributed by atoms with Crippen LogP contribution in [0.4, 0.5) is 18.9 Å². The normalized spacial score (nSPS) is 19.8. The highest BCUT2D eigenvalue weighted by molar-refractivity contribution is 6.30. The van der Waals surface area contributed by atoms with Crippen LogP contribution < -0.4 is 10.2 Å². The van der Waals surface area contributed by atoms with Gasteiger partial charge in [-0.2, -0.15) is 13.2 Å². The topological polar surface area (TPSA) is 82.2 Å². The van der Waals surface area contributed by atoms with Crippen molar-refractivity contribution in [2.24, 2.45) is 11.8 Å². The summed E-state index contributed by atoms with van der Waals surface area (Å²) in [6, 6.07) is 10.0. The Balaban J connectivity index is 1.55. The molecule has 2 aromatic carbocycles. The smallest absolute Gasteiger partial charge is 0.416 e. The second-order valence-corrected chi connectivity index (χ2v) is 12.6. The summed E-state index contributed by atoms with van der Waals surface area (Å²) in [7, 11) is 3.70. The second kappa shape index (κ2) is 14.2. The Morgan fingerprint density at radius 1 is 1.07 bits per heavy atom. The largest absolute Gasteiger partial charge is 0.464 e. The number of esters is 1. The SMILES string of the molecule is CC(C)C[C@H](NC(=O)CCN(C)C)c1cc(C(F)(F)F)ccc1N1CCN(C(=O)C2C(=O)OCC2c2ccc(Cl)cc2)CC1. The molecule has 2 heterocycles. The Morgan fingerprint density at radius 3 is 2.32 bits per heavy atom. The van der Waals surface area contributed by atoms with Crippen LogP contribution in [0.25, 0.3) is 0 Å². The minimum absolute atomic E-state index is 0.100. The fourth-order valence-electron chi connectivity index (χ4n) is 5.78. The van der Waals surface area contributed by atoms with Crippen LogP contribution >= 0.6 is 11.6 Å². The number of benzene rings is 2. The lowest BCUT2D eigenvalue weighted by atomic mass is 9.87. The van der Waals surface area contributed by atoms with E-state index in [-0.39, 0.29) is 43.8 Å². The Bertz CT molecular complexity index is 1330. The third-order valence-corrected chi connectivity index (χ3v) is 8.37. The van der Waals surface area contributed by atoms with Gasteiger partial charge in [0.2, 0.25) is 11.8 Å². The van der Waals surface area contributed by atoms with Gasteiger partial charge in [0.25, 0.3) is 0 Å². The number of halogens is 4. The van der Waals surface area contributed by atoms with Crippen molar-refractivity contribution in [3.63, 3.8) is 0 Å². The van der Waals surface area contributed by atoms with Gasteiger partial charge in [0.1, 0.15) is 5.92 Å². The van der Waals surface area contributed by atoms with E-state index in [0.717, 1.165) is 17.7 Å². The lowest BCUT2D eigenvalue weighted by Gasteiger charge is -2.39. The van der Waals surface area contributed by atoms with E-state index in [1.807, 2.05) is 37.7 Å². The minimum atomic E-state index is -4.55. The van der Waals surface area contributed by atoms with E-state index in [2.05, 4.69) is 5.32 Å². The third-order valence-electron chi connectivity index (χ3n) is 8.12. The van der Waals surface area contributed by atoms with Gasteiger partial charge in [0.05, 0.1) is 18.2 Å². The number of ether oxygens (including phenoxy) is 1. The number of hydrogen-bond acceptors (Lipinski definition) is 6. The highest BCUT2D eigenvalue weighted by Crippen LogP contribution is 2.38. The fourth-order valence-corrected chi connectivity index (χ4v) is 5.91. The van der Waals surface area contributed by atoms with Gasteiger partial charge in [0, 0.05) is 55.8 Å².